The molecule has 3 heterocycles. The van der Waals surface area contributed by atoms with Gasteiger partial charge in [-0.1, -0.05) is 12.1 Å². The zero-order valence-electron chi connectivity index (χ0n) is 13.6. The molecular weight excluding hydrogens is 300 g/mol. The first-order valence-corrected chi connectivity index (χ1v) is 7.93. The molecular formula is C17H22O6. The van der Waals surface area contributed by atoms with Crippen LogP contribution >= 0.6 is 0 Å². The van der Waals surface area contributed by atoms with E-state index in [2.05, 4.69) is 0 Å². The molecule has 3 aliphatic heterocycles. The molecule has 3 fully saturated rings. The zero-order valence-corrected chi connectivity index (χ0v) is 13.6. The van der Waals surface area contributed by atoms with Crippen molar-refractivity contribution in [3.05, 3.63) is 29.8 Å². The number of benzene rings is 1. The summed E-state index contributed by atoms with van der Waals surface area (Å²) in [6.07, 6.45) is -0.915. The number of hydrogen-bond acceptors (Lipinski definition) is 6. The van der Waals surface area contributed by atoms with E-state index in [1.54, 1.807) is 7.11 Å². The molecule has 6 nitrogen and oxygen atoms in total. The molecule has 0 aromatic heterocycles. The number of ether oxygens (including phenoxy) is 6. The molecule has 1 aromatic carbocycles. The van der Waals surface area contributed by atoms with E-state index < -0.39 is 5.79 Å². The number of methoxy groups -OCH3 is 1. The smallest absolute Gasteiger partial charge is 0.190 e. The van der Waals surface area contributed by atoms with Gasteiger partial charge in [0.2, 0.25) is 0 Å². The Labute approximate surface area is 135 Å². The molecule has 4 rings (SSSR count). The van der Waals surface area contributed by atoms with E-state index in [1.807, 2.05) is 38.1 Å². The van der Waals surface area contributed by atoms with Crippen molar-refractivity contribution in [2.45, 2.75) is 56.9 Å². The van der Waals surface area contributed by atoms with Gasteiger partial charge in [-0.2, -0.15) is 0 Å². The highest BCUT2D eigenvalue weighted by atomic mass is 16.8. The maximum Gasteiger partial charge on any atom is 0.190 e. The molecule has 0 unspecified atom stereocenters. The van der Waals surface area contributed by atoms with Crippen LogP contribution in [-0.2, 0) is 30.3 Å². The standard InChI is InChI=1S/C17H22O6/c1-17(2)22-15-14-13(21-16(15)23-17)12(9-20-14)19-8-10-4-6-11(18-3)7-5-10/h4-7,12-16H,8-9H2,1-3H3/t12-,13-,14+,15-,16-/m1/s1. The maximum absolute atomic E-state index is 5.99. The van der Waals surface area contributed by atoms with Gasteiger partial charge in [-0.25, -0.2) is 0 Å². The van der Waals surface area contributed by atoms with E-state index in [0.29, 0.717) is 13.2 Å². The molecule has 23 heavy (non-hydrogen) atoms. The predicted molar refractivity (Wildman–Crippen MR) is 80.0 cm³/mol. The predicted octanol–water partition coefficient (Wildman–Crippen LogP) is 1.86. The Balaban J connectivity index is 1.35. The van der Waals surface area contributed by atoms with Crippen molar-refractivity contribution in [1.29, 1.82) is 0 Å². The number of fused-ring (bicyclic) bond motifs is 3. The largest absolute Gasteiger partial charge is 0.497 e. The first-order chi connectivity index (χ1) is 11.1. The second-order valence-corrected chi connectivity index (χ2v) is 6.56. The Morgan fingerprint density at radius 2 is 1.87 bits per heavy atom. The van der Waals surface area contributed by atoms with Crippen LogP contribution in [0.4, 0.5) is 0 Å². The van der Waals surface area contributed by atoms with Gasteiger partial charge in [0.25, 0.3) is 0 Å². The van der Waals surface area contributed by atoms with Crippen molar-refractivity contribution in [3.8, 4) is 5.75 Å². The molecule has 0 aliphatic carbocycles. The molecule has 0 saturated carbocycles. The Hall–Kier alpha value is -1.18. The van der Waals surface area contributed by atoms with Crippen molar-refractivity contribution < 1.29 is 28.4 Å². The lowest BCUT2D eigenvalue weighted by Gasteiger charge is -2.23. The van der Waals surface area contributed by atoms with Gasteiger partial charge >= 0.3 is 0 Å². The minimum absolute atomic E-state index is 0.108. The fraction of sp³-hybridized carbons (Fsp3) is 0.647. The van der Waals surface area contributed by atoms with Crippen molar-refractivity contribution >= 4 is 0 Å². The fourth-order valence-electron chi connectivity index (χ4n) is 3.36. The SMILES string of the molecule is COc1ccc(CO[C@@H]2CO[C@@H]3[C@H]4OC(C)(C)O[C@H]4O[C@@H]32)cc1. The number of rotatable bonds is 4. The summed E-state index contributed by atoms with van der Waals surface area (Å²) in [5.74, 6) is 0.216. The van der Waals surface area contributed by atoms with Gasteiger partial charge in [-0.05, 0) is 31.5 Å². The van der Waals surface area contributed by atoms with Gasteiger partial charge in [0.1, 0.15) is 30.2 Å². The van der Waals surface area contributed by atoms with E-state index in [-0.39, 0.29) is 30.7 Å². The van der Waals surface area contributed by atoms with Crippen LogP contribution < -0.4 is 4.74 Å². The lowest BCUT2D eigenvalue weighted by molar-refractivity contribution is -0.217. The van der Waals surface area contributed by atoms with Gasteiger partial charge in [-0.3, -0.25) is 0 Å². The Kier molecular flexibility index (Phi) is 3.82. The summed E-state index contributed by atoms with van der Waals surface area (Å²) in [7, 11) is 1.65. The highest BCUT2D eigenvalue weighted by Crippen LogP contribution is 2.42. The topological polar surface area (TPSA) is 55.4 Å². The lowest BCUT2D eigenvalue weighted by Crippen LogP contribution is -2.36. The summed E-state index contributed by atoms with van der Waals surface area (Å²) in [5, 5.41) is 0. The molecule has 0 radical (unpaired) electrons. The molecule has 5 atom stereocenters. The van der Waals surface area contributed by atoms with Crippen molar-refractivity contribution in [3.63, 3.8) is 0 Å². The summed E-state index contributed by atoms with van der Waals surface area (Å²) < 4.78 is 34.6. The van der Waals surface area contributed by atoms with Crippen LogP contribution in [0.2, 0.25) is 0 Å². The molecule has 0 spiro atoms. The average Bonchev–Trinajstić information content (AvgIpc) is 3.14. The molecule has 126 valence electrons. The molecule has 3 saturated heterocycles. The fourth-order valence-corrected chi connectivity index (χ4v) is 3.36. The molecule has 0 bridgehead atoms. The van der Waals surface area contributed by atoms with Gasteiger partial charge < -0.3 is 28.4 Å². The first kappa shape index (κ1) is 15.4. The second-order valence-electron chi connectivity index (χ2n) is 6.56. The third-order valence-corrected chi connectivity index (χ3v) is 4.47. The lowest BCUT2D eigenvalue weighted by atomic mass is 10.1. The zero-order chi connectivity index (χ0) is 16.0. The summed E-state index contributed by atoms with van der Waals surface area (Å²) in [4.78, 5) is 0. The van der Waals surface area contributed by atoms with Crippen LogP contribution in [0.25, 0.3) is 0 Å². The number of hydrogen-bond donors (Lipinski definition) is 0. The van der Waals surface area contributed by atoms with Crippen LogP contribution in [0.1, 0.15) is 19.4 Å². The molecule has 1 aromatic rings. The van der Waals surface area contributed by atoms with E-state index in [1.165, 1.54) is 0 Å². The highest BCUT2D eigenvalue weighted by molar-refractivity contribution is 5.26. The molecule has 0 amide bonds. The normalized spacial score (nSPS) is 37.6. The second kappa shape index (κ2) is 5.72. The molecule has 6 heteroatoms. The van der Waals surface area contributed by atoms with Crippen LogP contribution in [0.5, 0.6) is 5.75 Å². The Morgan fingerprint density at radius 3 is 2.61 bits per heavy atom. The Morgan fingerprint density at radius 1 is 1.09 bits per heavy atom. The van der Waals surface area contributed by atoms with E-state index >= 15 is 0 Å². The maximum atomic E-state index is 5.99. The summed E-state index contributed by atoms with van der Waals surface area (Å²) in [5.41, 5.74) is 1.08. The summed E-state index contributed by atoms with van der Waals surface area (Å²) in [6.45, 7) is 4.79. The molecule has 0 N–H and O–H groups in total. The van der Waals surface area contributed by atoms with E-state index in [4.69, 9.17) is 28.4 Å². The van der Waals surface area contributed by atoms with Crippen LogP contribution in [0, 0.1) is 0 Å². The van der Waals surface area contributed by atoms with Gasteiger partial charge in [0, 0.05) is 0 Å². The quantitative estimate of drug-likeness (QED) is 0.843. The van der Waals surface area contributed by atoms with Gasteiger partial charge in [-0.15, -0.1) is 0 Å². The average molecular weight is 322 g/mol. The minimum atomic E-state index is -0.619. The minimum Gasteiger partial charge on any atom is -0.497 e. The van der Waals surface area contributed by atoms with Gasteiger partial charge in [0.15, 0.2) is 12.1 Å². The monoisotopic (exact) mass is 322 g/mol. The third kappa shape index (κ3) is 2.86. The summed E-state index contributed by atoms with van der Waals surface area (Å²) in [6, 6.07) is 7.83. The van der Waals surface area contributed by atoms with Crippen LogP contribution in [-0.4, -0.2) is 50.2 Å². The van der Waals surface area contributed by atoms with Gasteiger partial charge in [0.05, 0.1) is 20.3 Å². The summed E-state index contributed by atoms with van der Waals surface area (Å²) >= 11 is 0. The first-order valence-electron chi connectivity index (χ1n) is 7.93. The van der Waals surface area contributed by atoms with Crippen LogP contribution in [0.15, 0.2) is 24.3 Å². The van der Waals surface area contributed by atoms with Crippen molar-refractivity contribution in [2.24, 2.45) is 0 Å². The van der Waals surface area contributed by atoms with Crippen LogP contribution in [0.3, 0.4) is 0 Å². The third-order valence-electron chi connectivity index (χ3n) is 4.47. The van der Waals surface area contributed by atoms with Crippen molar-refractivity contribution in [1.82, 2.24) is 0 Å². The molecule has 3 aliphatic rings. The van der Waals surface area contributed by atoms with E-state index in [9.17, 15) is 0 Å². The van der Waals surface area contributed by atoms with E-state index in [0.717, 1.165) is 11.3 Å². The van der Waals surface area contributed by atoms with Crippen molar-refractivity contribution in [2.75, 3.05) is 13.7 Å². The highest BCUT2D eigenvalue weighted by Gasteiger charge is 2.60. The Bertz CT molecular complexity index is 557.